The number of halogens is 3. The third-order valence-electron chi connectivity index (χ3n) is 4.62. The summed E-state index contributed by atoms with van der Waals surface area (Å²) in [5.41, 5.74) is 1.22. The summed E-state index contributed by atoms with van der Waals surface area (Å²) in [6.07, 6.45) is -4.42. The molecule has 1 amide bonds. The van der Waals surface area contributed by atoms with E-state index in [1.807, 2.05) is 38.1 Å². The molecule has 0 aromatic heterocycles. The second-order valence-electron chi connectivity index (χ2n) is 6.98. The predicted octanol–water partition coefficient (Wildman–Crippen LogP) is 5.29. The Labute approximate surface area is 158 Å². The summed E-state index contributed by atoms with van der Waals surface area (Å²) in [6.45, 7) is 5.78. The number of likely N-dealkylation sites (N-methyl/N-ethyl adjacent to an activating group) is 1. The summed E-state index contributed by atoms with van der Waals surface area (Å²) in [5, 5.41) is 2.90. The average molecular weight is 378 g/mol. The number of nitrogens with one attached hydrogen (secondary N) is 1. The molecule has 0 spiro atoms. The van der Waals surface area contributed by atoms with Crippen molar-refractivity contribution in [3.8, 4) is 0 Å². The summed E-state index contributed by atoms with van der Waals surface area (Å²) >= 11 is 0. The van der Waals surface area contributed by atoms with Crippen molar-refractivity contribution in [2.45, 2.75) is 45.5 Å². The number of para-hydroxylation sites is 1. The Balaban J connectivity index is 2.12. The van der Waals surface area contributed by atoms with Crippen LogP contribution < -0.4 is 5.32 Å². The molecule has 146 valence electrons. The number of nitrogens with zero attached hydrogens (tertiary/aromatic N) is 1. The van der Waals surface area contributed by atoms with Crippen molar-refractivity contribution < 1.29 is 18.0 Å². The Bertz CT molecular complexity index is 787. The van der Waals surface area contributed by atoms with Gasteiger partial charge in [0.15, 0.2) is 0 Å². The zero-order chi connectivity index (χ0) is 20.2. The minimum Gasteiger partial charge on any atom is -0.324 e. The molecule has 2 aromatic carbocycles. The van der Waals surface area contributed by atoms with Gasteiger partial charge in [-0.15, -0.1) is 0 Å². The van der Waals surface area contributed by atoms with Gasteiger partial charge in [0.05, 0.1) is 11.6 Å². The van der Waals surface area contributed by atoms with Gasteiger partial charge in [-0.1, -0.05) is 50.2 Å². The van der Waals surface area contributed by atoms with Crippen LogP contribution in [0.5, 0.6) is 0 Å². The van der Waals surface area contributed by atoms with Crippen molar-refractivity contribution in [1.29, 1.82) is 0 Å². The minimum absolute atomic E-state index is 0.0239. The van der Waals surface area contributed by atoms with Crippen molar-refractivity contribution in [2.75, 3.05) is 12.4 Å². The average Bonchev–Trinajstić information content (AvgIpc) is 2.60. The fraction of sp³-hybridized carbons (Fsp3) is 0.381. The van der Waals surface area contributed by atoms with Crippen LogP contribution in [0.25, 0.3) is 0 Å². The number of carbonyl (C=O) groups excluding carboxylic acids is 1. The van der Waals surface area contributed by atoms with Gasteiger partial charge >= 0.3 is 6.18 Å². The van der Waals surface area contributed by atoms with Gasteiger partial charge in [-0.05, 0) is 43.1 Å². The van der Waals surface area contributed by atoms with Crippen molar-refractivity contribution in [3.63, 3.8) is 0 Å². The standard InChI is InChI=1S/C21H25F3N2O/c1-14(2)17-10-6-8-12-19(17)25-20(27)15(3)26(4)13-16-9-5-7-11-18(16)21(22,23)24/h5-12,14-15H,13H2,1-4H3,(H,25,27). The van der Waals surface area contributed by atoms with Crippen molar-refractivity contribution in [3.05, 3.63) is 65.2 Å². The first-order chi connectivity index (χ1) is 12.6. The highest BCUT2D eigenvalue weighted by Gasteiger charge is 2.33. The number of amides is 1. The lowest BCUT2D eigenvalue weighted by atomic mass is 10.0. The summed E-state index contributed by atoms with van der Waals surface area (Å²) in [6, 6.07) is 12.4. The molecule has 27 heavy (non-hydrogen) atoms. The first-order valence-corrected chi connectivity index (χ1v) is 8.86. The number of hydrogen-bond acceptors (Lipinski definition) is 2. The van der Waals surface area contributed by atoms with Gasteiger partial charge in [-0.3, -0.25) is 9.69 Å². The largest absolute Gasteiger partial charge is 0.416 e. The van der Waals surface area contributed by atoms with Crippen molar-refractivity contribution in [1.82, 2.24) is 4.90 Å². The molecular weight excluding hydrogens is 353 g/mol. The van der Waals surface area contributed by atoms with Crippen LogP contribution in [0.15, 0.2) is 48.5 Å². The van der Waals surface area contributed by atoms with Crippen LogP contribution in [0.4, 0.5) is 18.9 Å². The lowest BCUT2D eigenvalue weighted by Crippen LogP contribution is -2.39. The van der Waals surface area contributed by atoms with E-state index in [0.717, 1.165) is 17.3 Å². The molecule has 0 aliphatic carbocycles. The molecule has 3 nitrogen and oxygen atoms in total. The van der Waals surface area contributed by atoms with Crippen LogP contribution in [0.3, 0.4) is 0 Å². The molecule has 0 heterocycles. The van der Waals surface area contributed by atoms with Crippen molar-refractivity contribution in [2.24, 2.45) is 0 Å². The Morgan fingerprint density at radius 1 is 1.04 bits per heavy atom. The highest BCUT2D eigenvalue weighted by atomic mass is 19.4. The van der Waals surface area contributed by atoms with E-state index < -0.39 is 17.8 Å². The number of alkyl halides is 3. The van der Waals surface area contributed by atoms with Gasteiger partial charge in [-0.25, -0.2) is 0 Å². The lowest BCUT2D eigenvalue weighted by Gasteiger charge is -2.26. The van der Waals surface area contributed by atoms with Crippen molar-refractivity contribution >= 4 is 11.6 Å². The Kier molecular flexibility index (Phi) is 6.65. The highest BCUT2D eigenvalue weighted by Crippen LogP contribution is 2.32. The smallest absolute Gasteiger partial charge is 0.324 e. The molecule has 0 fully saturated rings. The molecule has 1 atom stereocenters. The normalized spacial score (nSPS) is 13.1. The molecule has 1 unspecified atom stereocenters. The number of rotatable bonds is 6. The van der Waals surface area contributed by atoms with E-state index in [-0.39, 0.29) is 23.9 Å². The van der Waals surface area contributed by atoms with E-state index >= 15 is 0 Å². The first kappa shape index (κ1) is 21.0. The summed E-state index contributed by atoms with van der Waals surface area (Å²) in [4.78, 5) is 14.2. The monoisotopic (exact) mass is 378 g/mol. The number of carbonyl (C=O) groups is 1. The molecule has 2 rings (SSSR count). The molecule has 0 saturated heterocycles. The van der Waals surface area contributed by atoms with E-state index in [1.165, 1.54) is 12.1 Å². The zero-order valence-electron chi connectivity index (χ0n) is 16.0. The molecule has 6 heteroatoms. The Morgan fingerprint density at radius 2 is 1.63 bits per heavy atom. The minimum atomic E-state index is -4.42. The van der Waals surface area contributed by atoms with E-state index in [0.29, 0.717) is 0 Å². The maximum absolute atomic E-state index is 13.2. The number of hydrogen-bond donors (Lipinski definition) is 1. The van der Waals surface area contributed by atoms with Crippen LogP contribution in [0.1, 0.15) is 43.4 Å². The van der Waals surface area contributed by atoms with Crippen LogP contribution >= 0.6 is 0 Å². The second-order valence-corrected chi connectivity index (χ2v) is 6.98. The fourth-order valence-electron chi connectivity index (χ4n) is 2.89. The lowest BCUT2D eigenvalue weighted by molar-refractivity contribution is -0.138. The Hall–Kier alpha value is -2.34. The third kappa shape index (κ3) is 5.32. The number of benzene rings is 2. The molecule has 0 radical (unpaired) electrons. The molecule has 0 bridgehead atoms. The van der Waals surface area contributed by atoms with Gasteiger partial charge in [0.25, 0.3) is 0 Å². The molecule has 0 aliphatic heterocycles. The van der Waals surface area contributed by atoms with Gasteiger partial charge in [0.1, 0.15) is 0 Å². The van der Waals surface area contributed by atoms with E-state index in [2.05, 4.69) is 5.32 Å². The molecule has 2 aromatic rings. The number of anilines is 1. The van der Waals surface area contributed by atoms with Crippen LogP contribution in [-0.4, -0.2) is 23.9 Å². The van der Waals surface area contributed by atoms with Gasteiger partial charge in [0.2, 0.25) is 5.91 Å². The first-order valence-electron chi connectivity index (χ1n) is 8.86. The molecular formula is C21H25F3N2O. The zero-order valence-corrected chi connectivity index (χ0v) is 16.0. The maximum Gasteiger partial charge on any atom is 0.416 e. The summed E-state index contributed by atoms with van der Waals surface area (Å²) < 4.78 is 39.5. The SMILES string of the molecule is CC(C)c1ccccc1NC(=O)C(C)N(C)Cc1ccccc1C(F)(F)F. The second kappa shape index (κ2) is 8.57. The maximum atomic E-state index is 13.2. The van der Waals surface area contributed by atoms with E-state index in [9.17, 15) is 18.0 Å². The molecule has 0 saturated carbocycles. The quantitative estimate of drug-likeness (QED) is 0.741. The third-order valence-corrected chi connectivity index (χ3v) is 4.62. The van der Waals surface area contributed by atoms with E-state index in [1.54, 1.807) is 24.9 Å². The fourth-order valence-corrected chi connectivity index (χ4v) is 2.89. The van der Waals surface area contributed by atoms with Gasteiger partial charge in [0, 0.05) is 12.2 Å². The molecule has 0 aliphatic rings. The van der Waals surface area contributed by atoms with Crippen LogP contribution in [-0.2, 0) is 17.5 Å². The van der Waals surface area contributed by atoms with E-state index in [4.69, 9.17) is 0 Å². The summed E-state index contributed by atoms with van der Waals surface area (Å²) in [7, 11) is 1.64. The highest BCUT2D eigenvalue weighted by molar-refractivity contribution is 5.95. The summed E-state index contributed by atoms with van der Waals surface area (Å²) in [5.74, 6) is -0.0108. The van der Waals surface area contributed by atoms with Crippen LogP contribution in [0, 0.1) is 0 Å². The molecule has 1 N–H and O–H groups in total. The Morgan fingerprint density at radius 3 is 2.26 bits per heavy atom. The predicted molar refractivity (Wildman–Crippen MR) is 102 cm³/mol. The van der Waals surface area contributed by atoms with Gasteiger partial charge in [-0.2, -0.15) is 13.2 Å². The van der Waals surface area contributed by atoms with Crippen LogP contribution in [0.2, 0.25) is 0 Å². The van der Waals surface area contributed by atoms with Gasteiger partial charge < -0.3 is 5.32 Å². The topological polar surface area (TPSA) is 32.3 Å².